The van der Waals surface area contributed by atoms with Crippen molar-refractivity contribution < 1.29 is 19.4 Å². The molecule has 1 aliphatic carbocycles. The van der Waals surface area contributed by atoms with Crippen molar-refractivity contribution in [1.29, 1.82) is 0 Å². The van der Waals surface area contributed by atoms with Crippen LogP contribution in [0.4, 0.5) is 0 Å². The van der Waals surface area contributed by atoms with Crippen molar-refractivity contribution in [3.63, 3.8) is 0 Å². The Morgan fingerprint density at radius 1 is 1.39 bits per heavy atom. The Hall–Kier alpha value is -0.690. The van der Waals surface area contributed by atoms with E-state index in [1.54, 1.807) is 0 Å². The highest BCUT2D eigenvalue weighted by molar-refractivity contribution is 5.77. The second kappa shape index (κ2) is 4.77. The third-order valence-corrected chi connectivity index (χ3v) is 3.87. The standard InChI is InChI=1S/C12H20N2O4/c13-5-9-11(16)12-8(18-9)3-7(17-12)4-10(15)14-6-1-2-6/h6-9,11-12,16H,1-5,13H2,(H,14,15). The van der Waals surface area contributed by atoms with Gasteiger partial charge in [0.15, 0.2) is 0 Å². The Morgan fingerprint density at radius 2 is 2.17 bits per heavy atom. The molecule has 0 aromatic rings. The second-order valence-electron chi connectivity index (χ2n) is 5.44. The number of carbonyl (C=O) groups excluding carboxylic acids is 1. The molecule has 2 heterocycles. The van der Waals surface area contributed by atoms with Gasteiger partial charge in [-0.15, -0.1) is 0 Å². The number of fused-ring (bicyclic) bond motifs is 1. The summed E-state index contributed by atoms with van der Waals surface area (Å²) in [7, 11) is 0. The molecule has 6 nitrogen and oxygen atoms in total. The van der Waals surface area contributed by atoms with E-state index in [0.29, 0.717) is 25.4 Å². The average Bonchev–Trinajstić information content (AvgIpc) is 2.97. The highest BCUT2D eigenvalue weighted by atomic mass is 16.6. The first-order valence-corrected chi connectivity index (χ1v) is 6.66. The lowest BCUT2D eigenvalue weighted by Crippen LogP contribution is -2.37. The minimum absolute atomic E-state index is 0.0346. The van der Waals surface area contributed by atoms with E-state index >= 15 is 0 Å². The van der Waals surface area contributed by atoms with Gasteiger partial charge in [-0.2, -0.15) is 0 Å². The van der Waals surface area contributed by atoms with E-state index in [9.17, 15) is 9.90 Å². The van der Waals surface area contributed by atoms with Gasteiger partial charge < -0.3 is 25.6 Å². The molecule has 102 valence electrons. The Labute approximate surface area is 106 Å². The molecule has 3 fully saturated rings. The van der Waals surface area contributed by atoms with Gasteiger partial charge in [0.25, 0.3) is 0 Å². The van der Waals surface area contributed by atoms with Crippen LogP contribution in [0.25, 0.3) is 0 Å². The van der Waals surface area contributed by atoms with Crippen LogP contribution in [0.2, 0.25) is 0 Å². The van der Waals surface area contributed by atoms with Gasteiger partial charge in [-0.3, -0.25) is 4.79 Å². The lowest BCUT2D eigenvalue weighted by Gasteiger charge is -2.18. The van der Waals surface area contributed by atoms with Crippen molar-refractivity contribution in [1.82, 2.24) is 5.32 Å². The average molecular weight is 256 g/mol. The van der Waals surface area contributed by atoms with Crippen molar-refractivity contribution in [2.24, 2.45) is 5.73 Å². The maximum atomic E-state index is 11.7. The SMILES string of the molecule is NCC1OC2CC(CC(=O)NC3CC3)OC2C1O. The molecule has 0 aromatic heterocycles. The first-order valence-electron chi connectivity index (χ1n) is 6.66. The number of ether oxygens (including phenoxy) is 2. The quantitative estimate of drug-likeness (QED) is 0.593. The van der Waals surface area contributed by atoms with E-state index in [1.807, 2.05) is 0 Å². The van der Waals surface area contributed by atoms with Crippen LogP contribution in [0.3, 0.4) is 0 Å². The van der Waals surface area contributed by atoms with Gasteiger partial charge in [-0.05, 0) is 12.8 Å². The zero-order valence-electron chi connectivity index (χ0n) is 10.2. The molecule has 18 heavy (non-hydrogen) atoms. The van der Waals surface area contributed by atoms with Gasteiger partial charge >= 0.3 is 0 Å². The fourth-order valence-corrected chi connectivity index (χ4v) is 2.76. The number of nitrogens with two attached hydrogens (primary N) is 1. The molecule has 4 N–H and O–H groups in total. The third-order valence-electron chi connectivity index (χ3n) is 3.87. The number of amides is 1. The van der Waals surface area contributed by atoms with Crippen LogP contribution in [-0.2, 0) is 14.3 Å². The molecule has 0 aromatic carbocycles. The summed E-state index contributed by atoms with van der Waals surface area (Å²) in [6, 6.07) is 0.377. The van der Waals surface area contributed by atoms with Crippen molar-refractivity contribution in [2.75, 3.05) is 6.54 Å². The summed E-state index contributed by atoms with van der Waals surface area (Å²) in [6.07, 6.45) is 1.60. The van der Waals surface area contributed by atoms with E-state index in [1.165, 1.54) is 0 Å². The van der Waals surface area contributed by atoms with E-state index in [2.05, 4.69) is 5.32 Å². The van der Waals surface area contributed by atoms with E-state index in [0.717, 1.165) is 12.8 Å². The van der Waals surface area contributed by atoms with Gasteiger partial charge in [0.1, 0.15) is 12.2 Å². The normalized spacial score (nSPS) is 42.9. The number of nitrogens with one attached hydrogen (secondary N) is 1. The molecule has 0 bridgehead atoms. The highest BCUT2D eigenvalue weighted by Crippen LogP contribution is 2.35. The lowest BCUT2D eigenvalue weighted by molar-refractivity contribution is -0.124. The molecule has 2 aliphatic heterocycles. The summed E-state index contributed by atoms with van der Waals surface area (Å²) in [5, 5.41) is 12.9. The molecule has 6 heteroatoms. The van der Waals surface area contributed by atoms with E-state index < -0.39 is 6.10 Å². The number of aliphatic hydroxyl groups is 1. The van der Waals surface area contributed by atoms with E-state index in [4.69, 9.17) is 15.2 Å². The summed E-state index contributed by atoms with van der Waals surface area (Å²) in [5.41, 5.74) is 5.50. The second-order valence-corrected chi connectivity index (χ2v) is 5.44. The number of hydrogen-bond donors (Lipinski definition) is 3. The third kappa shape index (κ3) is 2.38. The van der Waals surface area contributed by atoms with Crippen molar-refractivity contribution in [3.05, 3.63) is 0 Å². The molecular weight excluding hydrogens is 236 g/mol. The van der Waals surface area contributed by atoms with Crippen LogP contribution in [-0.4, -0.2) is 54.1 Å². The predicted octanol–water partition coefficient (Wildman–Crippen LogP) is -1.10. The Kier molecular flexibility index (Phi) is 3.27. The molecular formula is C12H20N2O4. The van der Waals surface area contributed by atoms with E-state index in [-0.39, 0.29) is 30.3 Å². The maximum Gasteiger partial charge on any atom is 0.222 e. The highest BCUT2D eigenvalue weighted by Gasteiger charge is 2.50. The van der Waals surface area contributed by atoms with Crippen LogP contribution in [0.15, 0.2) is 0 Å². The molecule has 5 atom stereocenters. The summed E-state index contributed by atoms with van der Waals surface area (Å²) < 4.78 is 11.3. The summed E-state index contributed by atoms with van der Waals surface area (Å²) in [5.74, 6) is 0.0346. The fourth-order valence-electron chi connectivity index (χ4n) is 2.76. The fraction of sp³-hybridized carbons (Fsp3) is 0.917. The Balaban J connectivity index is 1.49. The van der Waals surface area contributed by atoms with Crippen LogP contribution in [0.1, 0.15) is 25.7 Å². The first-order chi connectivity index (χ1) is 8.67. The van der Waals surface area contributed by atoms with Crippen LogP contribution >= 0.6 is 0 Å². The maximum absolute atomic E-state index is 11.7. The number of hydrogen-bond acceptors (Lipinski definition) is 5. The zero-order valence-corrected chi connectivity index (χ0v) is 10.2. The minimum Gasteiger partial charge on any atom is -0.388 e. The van der Waals surface area contributed by atoms with Crippen molar-refractivity contribution >= 4 is 5.91 Å². The van der Waals surface area contributed by atoms with Crippen LogP contribution in [0.5, 0.6) is 0 Å². The smallest absolute Gasteiger partial charge is 0.222 e. The monoisotopic (exact) mass is 256 g/mol. The van der Waals surface area contributed by atoms with Gasteiger partial charge in [-0.1, -0.05) is 0 Å². The topological polar surface area (TPSA) is 93.8 Å². The van der Waals surface area contributed by atoms with Crippen LogP contribution in [0, 0.1) is 0 Å². The number of rotatable bonds is 4. The number of aliphatic hydroxyl groups excluding tert-OH is 1. The molecule has 1 amide bonds. The Bertz CT molecular complexity index is 334. The van der Waals surface area contributed by atoms with Gasteiger partial charge in [0.05, 0.1) is 24.7 Å². The Morgan fingerprint density at radius 3 is 2.78 bits per heavy atom. The first kappa shape index (κ1) is 12.3. The minimum atomic E-state index is -0.670. The zero-order chi connectivity index (χ0) is 12.7. The largest absolute Gasteiger partial charge is 0.388 e. The molecule has 0 radical (unpaired) electrons. The molecule has 0 spiro atoms. The van der Waals surface area contributed by atoms with Crippen molar-refractivity contribution in [2.45, 2.75) is 62.2 Å². The molecule has 3 aliphatic rings. The molecule has 1 saturated carbocycles. The van der Waals surface area contributed by atoms with Crippen LogP contribution < -0.4 is 11.1 Å². The molecule has 3 rings (SSSR count). The van der Waals surface area contributed by atoms with Gasteiger partial charge in [-0.25, -0.2) is 0 Å². The molecule has 2 saturated heterocycles. The predicted molar refractivity (Wildman–Crippen MR) is 62.8 cm³/mol. The molecule has 5 unspecified atom stereocenters. The van der Waals surface area contributed by atoms with Crippen molar-refractivity contribution in [3.8, 4) is 0 Å². The summed E-state index contributed by atoms with van der Waals surface area (Å²) in [4.78, 5) is 11.7. The van der Waals surface area contributed by atoms with Gasteiger partial charge in [0, 0.05) is 19.0 Å². The summed E-state index contributed by atoms with van der Waals surface area (Å²) in [6.45, 7) is 0.296. The number of carbonyl (C=O) groups is 1. The summed E-state index contributed by atoms with van der Waals surface area (Å²) >= 11 is 0. The van der Waals surface area contributed by atoms with Gasteiger partial charge in [0.2, 0.25) is 5.91 Å². The lowest BCUT2D eigenvalue weighted by atomic mass is 10.1.